The van der Waals surface area contributed by atoms with Gasteiger partial charge in [-0.25, -0.2) is 0 Å². The summed E-state index contributed by atoms with van der Waals surface area (Å²) in [5.41, 5.74) is 5.21. The molecule has 0 aliphatic rings. The molecular weight excluding hydrogens is 156 g/mol. The minimum atomic E-state index is -0.251. The molecule has 0 aliphatic heterocycles. The van der Waals surface area contributed by atoms with E-state index in [9.17, 15) is 9.59 Å². The molecule has 68 valence electrons. The van der Waals surface area contributed by atoms with Crippen LogP contribution in [0.1, 0.15) is 13.3 Å². The second-order valence-corrected chi connectivity index (χ2v) is 2.38. The molecule has 12 heavy (non-hydrogen) atoms. The maximum atomic E-state index is 10.8. The van der Waals surface area contributed by atoms with E-state index in [1.165, 1.54) is 19.1 Å². The van der Waals surface area contributed by atoms with Gasteiger partial charge in [-0.05, 0) is 26.0 Å². The fraction of sp³-hybridized carbons (Fsp3) is 0.500. The Hall–Kier alpha value is -1.16. The monoisotopic (exact) mass is 170 g/mol. The molecule has 0 atom stereocenters. The Labute approximate surface area is 71.8 Å². The number of amides is 1. The first-order chi connectivity index (χ1) is 5.66. The summed E-state index contributed by atoms with van der Waals surface area (Å²) in [6.45, 7) is 2.50. The molecule has 0 fully saturated rings. The maximum absolute atomic E-state index is 10.8. The summed E-state index contributed by atoms with van der Waals surface area (Å²) in [5, 5.41) is 2.58. The highest BCUT2D eigenvalue weighted by Crippen LogP contribution is 1.77. The van der Waals surface area contributed by atoms with Crippen molar-refractivity contribution in [3.05, 3.63) is 12.2 Å². The fourth-order valence-corrected chi connectivity index (χ4v) is 0.566. The molecule has 4 heteroatoms. The number of allylic oxidation sites excluding steroid dienone is 1. The largest absolute Gasteiger partial charge is 0.353 e. The molecule has 0 unspecified atom stereocenters. The second kappa shape index (κ2) is 6.54. The van der Waals surface area contributed by atoms with Gasteiger partial charge in [-0.3, -0.25) is 9.59 Å². The average molecular weight is 170 g/mol. The molecule has 4 nitrogen and oxygen atoms in total. The Morgan fingerprint density at radius 2 is 2.08 bits per heavy atom. The molecule has 0 bridgehead atoms. The molecule has 0 spiro atoms. The van der Waals surface area contributed by atoms with Crippen LogP contribution in [0.3, 0.4) is 0 Å². The van der Waals surface area contributed by atoms with E-state index < -0.39 is 0 Å². The lowest BCUT2D eigenvalue weighted by Gasteiger charge is -1.98. The lowest BCUT2D eigenvalue weighted by atomic mass is 10.3. The summed E-state index contributed by atoms with van der Waals surface area (Å²) < 4.78 is 0. The van der Waals surface area contributed by atoms with Crippen LogP contribution < -0.4 is 11.1 Å². The van der Waals surface area contributed by atoms with Gasteiger partial charge >= 0.3 is 0 Å². The zero-order chi connectivity index (χ0) is 9.40. The molecular formula is C8H14N2O2. The number of carbonyl (C=O) groups is 2. The zero-order valence-electron chi connectivity index (χ0n) is 7.17. The molecule has 0 rings (SSSR count). The Bertz CT molecular complexity index is 187. The van der Waals surface area contributed by atoms with Gasteiger partial charge in [-0.1, -0.05) is 0 Å². The van der Waals surface area contributed by atoms with Crippen LogP contribution in [0.2, 0.25) is 0 Å². The first-order valence-electron chi connectivity index (χ1n) is 3.83. The number of nitrogens with one attached hydrogen (secondary N) is 1. The lowest BCUT2D eigenvalue weighted by Crippen LogP contribution is -2.24. The number of hydrogen-bond donors (Lipinski definition) is 2. The van der Waals surface area contributed by atoms with Gasteiger partial charge < -0.3 is 11.1 Å². The minimum absolute atomic E-state index is 0.135. The molecule has 0 heterocycles. The van der Waals surface area contributed by atoms with Crippen LogP contribution in [0.5, 0.6) is 0 Å². The van der Waals surface area contributed by atoms with Crippen molar-refractivity contribution in [3.8, 4) is 0 Å². The van der Waals surface area contributed by atoms with Gasteiger partial charge in [-0.2, -0.15) is 0 Å². The third-order valence-electron chi connectivity index (χ3n) is 1.15. The summed E-state index contributed by atoms with van der Waals surface area (Å²) in [6, 6.07) is 0. The van der Waals surface area contributed by atoms with Crippen molar-refractivity contribution in [2.75, 3.05) is 13.1 Å². The minimum Gasteiger partial charge on any atom is -0.353 e. The normalized spacial score (nSPS) is 10.2. The highest BCUT2D eigenvalue weighted by Gasteiger charge is 1.93. The van der Waals surface area contributed by atoms with Crippen molar-refractivity contribution < 1.29 is 9.59 Å². The predicted molar refractivity (Wildman–Crippen MR) is 46.5 cm³/mol. The Kier molecular flexibility index (Phi) is 5.91. The van der Waals surface area contributed by atoms with E-state index in [4.69, 9.17) is 5.73 Å². The molecule has 0 aromatic carbocycles. The van der Waals surface area contributed by atoms with Crippen molar-refractivity contribution in [2.45, 2.75) is 13.3 Å². The van der Waals surface area contributed by atoms with Crippen molar-refractivity contribution >= 4 is 11.7 Å². The van der Waals surface area contributed by atoms with E-state index in [0.717, 1.165) is 6.42 Å². The first-order valence-corrected chi connectivity index (χ1v) is 3.83. The van der Waals surface area contributed by atoms with Crippen molar-refractivity contribution in [3.63, 3.8) is 0 Å². The molecule has 3 N–H and O–H groups in total. The molecule has 0 aromatic heterocycles. The van der Waals surface area contributed by atoms with E-state index in [2.05, 4.69) is 5.32 Å². The number of rotatable bonds is 5. The van der Waals surface area contributed by atoms with E-state index in [0.29, 0.717) is 13.1 Å². The summed E-state index contributed by atoms with van der Waals surface area (Å²) in [7, 11) is 0. The van der Waals surface area contributed by atoms with Crippen LogP contribution >= 0.6 is 0 Å². The molecule has 0 saturated heterocycles. The number of nitrogens with two attached hydrogens (primary N) is 1. The van der Waals surface area contributed by atoms with Crippen molar-refractivity contribution in [1.29, 1.82) is 0 Å². The van der Waals surface area contributed by atoms with Gasteiger partial charge in [0.15, 0.2) is 5.78 Å². The standard InChI is InChI=1S/C8H14N2O2/c1-7(11)3-4-8(12)10-6-2-5-9/h3-4H,2,5-6,9H2,1H3,(H,10,12)/b4-3-. The van der Waals surface area contributed by atoms with Crippen LogP contribution in [-0.2, 0) is 9.59 Å². The van der Waals surface area contributed by atoms with E-state index >= 15 is 0 Å². The molecule has 0 radical (unpaired) electrons. The van der Waals surface area contributed by atoms with E-state index in [-0.39, 0.29) is 11.7 Å². The van der Waals surface area contributed by atoms with Gasteiger partial charge in [0.25, 0.3) is 0 Å². The summed E-state index contributed by atoms with van der Waals surface area (Å²) in [5.74, 6) is -0.386. The Morgan fingerprint density at radius 1 is 1.42 bits per heavy atom. The van der Waals surface area contributed by atoms with Crippen LogP contribution in [-0.4, -0.2) is 24.8 Å². The second-order valence-electron chi connectivity index (χ2n) is 2.38. The lowest BCUT2D eigenvalue weighted by molar-refractivity contribution is -0.117. The molecule has 0 saturated carbocycles. The highest BCUT2D eigenvalue weighted by molar-refractivity contribution is 5.96. The number of hydrogen-bond acceptors (Lipinski definition) is 3. The Balaban J connectivity index is 3.53. The number of ketones is 1. The van der Waals surface area contributed by atoms with Crippen LogP contribution in [0.15, 0.2) is 12.2 Å². The van der Waals surface area contributed by atoms with Crippen LogP contribution in [0.4, 0.5) is 0 Å². The third-order valence-corrected chi connectivity index (χ3v) is 1.15. The fourth-order valence-electron chi connectivity index (χ4n) is 0.566. The quantitative estimate of drug-likeness (QED) is 0.435. The van der Waals surface area contributed by atoms with Gasteiger partial charge in [0.2, 0.25) is 5.91 Å². The summed E-state index contributed by atoms with van der Waals surface area (Å²) in [4.78, 5) is 21.2. The predicted octanol–water partition coefficient (Wildman–Crippen LogP) is -0.403. The Morgan fingerprint density at radius 3 is 2.58 bits per heavy atom. The van der Waals surface area contributed by atoms with Gasteiger partial charge in [-0.15, -0.1) is 0 Å². The van der Waals surface area contributed by atoms with Gasteiger partial charge in [0.05, 0.1) is 0 Å². The van der Waals surface area contributed by atoms with Crippen molar-refractivity contribution in [2.24, 2.45) is 5.73 Å². The zero-order valence-corrected chi connectivity index (χ0v) is 7.17. The number of carbonyl (C=O) groups excluding carboxylic acids is 2. The highest BCUT2D eigenvalue weighted by atomic mass is 16.1. The topological polar surface area (TPSA) is 72.2 Å². The maximum Gasteiger partial charge on any atom is 0.244 e. The van der Waals surface area contributed by atoms with E-state index in [1.54, 1.807) is 0 Å². The summed E-state index contributed by atoms with van der Waals surface area (Å²) >= 11 is 0. The van der Waals surface area contributed by atoms with Crippen molar-refractivity contribution in [1.82, 2.24) is 5.32 Å². The van der Waals surface area contributed by atoms with Crippen LogP contribution in [0.25, 0.3) is 0 Å². The SMILES string of the molecule is CC(=O)/C=C\C(=O)NCCCN. The van der Waals surface area contributed by atoms with Gasteiger partial charge in [0, 0.05) is 12.6 Å². The average Bonchev–Trinajstić information content (AvgIpc) is 2.01. The van der Waals surface area contributed by atoms with Crippen LogP contribution in [0, 0.1) is 0 Å². The smallest absolute Gasteiger partial charge is 0.244 e. The van der Waals surface area contributed by atoms with E-state index in [1.807, 2.05) is 0 Å². The summed E-state index contributed by atoms with van der Waals surface area (Å²) in [6.07, 6.45) is 3.20. The van der Waals surface area contributed by atoms with Gasteiger partial charge in [0.1, 0.15) is 0 Å². The third kappa shape index (κ3) is 6.95. The molecule has 0 aliphatic carbocycles. The first kappa shape index (κ1) is 10.8. The molecule has 0 aromatic rings. The molecule has 1 amide bonds.